The van der Waals surface area contributed by atoms with Gasteiger partial charge in [-0.2, -0.15) is 0 Å². The minimum Gasteiger partial charge on any atom is -0.496 e. The fourth-order valence-corrected chi connectivity index (χ4v) is 1.96. The van der Waals surface area contributed by atoms with Crippen molar-refractivity contribution in [2.24, 2.45) is 11.7 Å². The van der Waals surface area contributed by atoms with E-state index in [0.29, 0.717) is 30.8 Å². The zero-order chi connectivity index (χ0) is 14.4. The van der Waals surface area contributed by atoms with E-state index in [4.69, 9.17) is 10.5 Å². The van der Waals surface area contributed by atoms with Gasteiger partial charge in [0, 0.05) is 25.7 Å². The second-order valence-electron chi connectivity index (χ2n) is 4.49. The van der Waals surface area contributed by atoms with Gasteiger partial charge < -0.3 is 15.4 Å². The predicted molar refractivity (Wildman–Crippen MR) is 72.3 cm³/mol. The second-order valence-corrected chi connectivity index (χ2v) is 4.49. The summed E-state index contributed by atoms with van der Waals surface area (Å²) < 4.78 is 18.4. The molecule has 0 spiro atoms. The average Bonchev–Trinajstić information content (AvgIpc) is 2.40. The molecule has 2 N–H and O–H groups in total. The fourth-order valence-electron chi connectivity index (χ4n) is 1.96. The molecule has 1 unspecified atom stereocenters. The lowest BCUT2D eigenvalue weighted by Gasteiger charge is -2.23. The van der Waals surface area contributed by atoms with Gasteiger partial charge in [0.25, 0.3) is 0 Å². The maximum atomic E-state index is 13.2. The lowest BCUT2D eigenvalue weighted by molar-refractivity contribution is -0.134. The first-order valence-corrected chi connectivity index (χ1v) is 6.30. The van der Waals surface area contributed by atoms with Crippen LogP contribution in [0.5, 0.6) is 5.75 Å². The zero-order valence-electron chi connectivity index (χ0n) is 11.6. The Morgan fingerprint density at radius 3 is 2.74 bits per heavy atom. The van der Waals surface area contributed by atoms with Crippen LogP contribution in [0, 0.1) is 11.7 Å². The lowest BCUT2D eigenvalue weighted by Crippen LogP contribution is -2.36. The SMILES string of the molecule is CCC(CN)C(=O)N(C)Cc1cc(F)ccc1OC. The Bertz CT molecular complexity index is 433. The van der Waals surface area contributed by atoms with Crippen molar-refractivity contribution in [2.75, 3.05) is 20.7 Å². The van der Waals surface area contributed by atoms with Crippen LogP contribution in [0.25, 0.3) is 0 Å². The molecule has 0 aliphatic heterocycles. The van der Waals surface area contributed by atoms with Crippen LogP contribution in [0.3, 0.4) is 0 Å². The van der Waals surface area contributed by atoms with Gasteiger partial charge in [0.1, 0.15) is 11.6 Å². The number of nitrogens with zero attached hydrogens (tertiary/aromatic N) is 1. The number of carbonyl (C=O) groups is 1. The molecular weight excluding hydrogens is 247 g/mol. The van der Waals surface area contributed by atoms with Crippen molar-refractivity contribution in [3.63, 3.8) is 0 Å². The molecule has 5 heteroatoms. The molecule has 0 bridgehead atoms. The van der Waals surface area contributed by atoms with Gasteiger partial charge in [-0.25, -0.2) is 4.39 Å². The molecule has 1 aromatic carbocycles. The summed E-state index contributed by atoms with van der Waals surface area (Å²) in [4.78, 5) is 13.7. The highest BCUT2D eigenvalue weighted by Crippen LogP contribution is 2.21. The van der Waals surface area contributed by atoms with E-state index in [1.807, 2.05) is 6.92 Å². The largest absolute Gasteiger partial charge is 0.496 e. The van der Waals surface area contributed by atoms with Gasteiger partial charge in [-0.3, -0.25) is 4.79 Å². The normalized spacial score (nSPS) is 12.1. The number of methoxy groups -OCH3 is 1. The Labute approximate surface area is 113 Å². The van der Waals surface area contributed by atoms with Crippen molar-refractivity contribution in [1.29, 1.82) is 0 Å². The minimum atomic E-state index is -0.345. The third-order valence-corrected chi connectivity index (χ3v) is 3.15. The van der Waals surface area contributed by atoms with Gasteiger partial charge in [0.15, 0.2) is 0 Å². The summed E-state index contributed by atoms with van der Waals surface area (Å²) in [7, 11) is 3.21. The summed E-state index contributed by atoms with van der Waals surface area (Å²) in [6.45, 7) is 2.54. The third-order valence-electron chi connectivity index (χ3n) is 3.15. The van der Waals surface area contributed by atoms with Gasteiger partial charge in [-0.1, -0.05) is 6.92 Å². The van der Waals surface area contributed by atoms with Crippen molar-refractivity contribution in [2.45, 2.75) is 19.9 Å². The first-order chi connectivity index (χ1) is 9.03. The van der Waals surface area contributed by atoms with E-state index < -0.39 is 0 Å². The highest BCUT2D eigenvalue weighted by atomic mass is 19.1. The number of nitrogens with two attached hydrogens (primary N) is 1. The Morgan fingerprint density at radius 1 is 1.53 bits per heavy atom. The maximum absolute atomic E-state index is 13.2. The van der Waals surface area contributed by atoms with Crippen molar-refractivity contribution < 1.29 is 13.9 Å². The van der Waals surface area contributed by atoms with Crippen LogP contribution in [0.4, 0.5) is 4.39 Å². The first kappa shape index (κ1) is 15.4. The van der Waals surface area contributed by atoms with Crippen LogP contribution >= 0.6 is 0 Å². The average molecular weight is 268 g/mol. The Balaban J connectivity index is 2.84. The van der Waals surface area contributed by atoms with Crippen LogP contribution in [0.15, 0.2) is 18.2 Å². The third kappa shape index (κ3) is 3.92. The molecule has 1 rings (SSSR count). The molecule has 0 saturated carbocycles. The fraction of sp³-hybridized carbons (Fsp3) is 0.500. The van der Waals surface area contributed by atoms with E-state index in [2.05, 4.69) is 0 Å². The lowest BCUT2D eigenvalue weighted by atomic mass is 10.1. The Morgan fingerprint density at radius 2 is 2.21 bits per heavy atom. The van der Waals surface area contributed by atoms with Crippen molar-refractivity contribution in [3.8, 4) is 5.75 Å². The molecule has 0 saturated heterocycles. The molecule has 19 heavy (non-hydrogen) atoms. The Hall–Kier alpha value is -1.62. The van der Waals surface area contributed by atoms with Crippen LogP contribution in [0.2, 0.25) is 0 Å². The summed E-state index contributed by atoms with van der Waals surface area (Å²) in [5.41, 5.74) is 6.21. The van der Waals surface area contributed by atoms with Crippen molar-refractivity contribution in [1.82, 2.24) is 4.90 Å². The number of hydrogen-bond donors (Lipinski definition) is 1. The van der Waals surface area contributed by atoms with Crippen molar-refractivity contribution >= 4 is 5.91 Å². The molecule has 1 atom stereocenters. The van der Waals surface area contributed by atoms with E-state index in [1.165, 1.54) is 19.2 Å². The van der Waals surface area contributed by atoms with Gasteiger partial charge >= 0.3 is 0 Å². The highest BCUT2D eigenvalue weighted by Gasteiger charge is 2.20. The minimum absolute atomic E-state index is 0.0312. The summed E-state index contributed by atoms with van der Waals surface area (Å²) in [6, 6.07) is 4.27. The topological polar surface area (TPSA) is 55.6 Å². The molecule has 4 nitrogen and oxygen atoms in total. The van der Waals surface area contributed by atoms with E-state index in [-0.39, 0.29) is 17.6 Å². The molecule has 0 aliphatic rings. The molecule has 0 fully saturated rings. The number of hydrogen-bond acceptors (Lipinski definition) is 3. The number of ether oxygens (including phenoxy) is 1. The van der Waals surface area contributed by atoms with Crippen molar-refractivity contribution in [3.05, 3.63) is 29.6 Å². The standard InChI is InChI=1S/C14H21FN2O2/c1-4-10(8-16)14(18)17(2)9-11-7-12(15)5-6-13(11)19-3/h5-7,10H,4,8-9,16H2,1-3H3. The number of benzene rings is 1. The second kappa shape index (κ2) is 7.09. The molecular formula is C14H21FN2O2. The van der Waals surface area contributed by atoms with E-state index in [0.717, 1.165) is 0 Å². The molecule has 0 radical (unpaired) electrons. The number of carbonyl (C=O) groups excluding carboxylic acids is 1. The van der Waals surface area contributed by atoms with Gasteiger partial charge in [-0.15, -0.1) is 0 Å². The van der Waals surface area contributed by atoms with Crippen LogP contribution in [0.1, 0.15) is 18.9 Å². The summed E-state index contributed by atoms with van der Waals surface area (Å²) in [6.07, 6.45) is 0.694. The monoisotopic (exact) mass is 268 g/mol. The zero-order valence-corrected chi connectivity index (χ0v) is 11.6. The maximum Gasteiger partial charge on any atom is 0.226 e. The molecule has 0 aliphatic carbocycles. The molecule has 0 heterocycles. The van der Waals surface area contributed by atoms with Gasteiger partial charge in [0.2, 0.25) is 5.91 Å². The number of amides is 1. The van der Waals surface area contributed by atoms with Gasteiger partial charge in [-0.05, 0) is 24.6 Å². The van der Waals surface area contributed by atoms with E-state index in [1.54, 1.807) is 18.0 Å². The van der Waals surface area contributed by atoms with Crippen LogP contribution in [-0.2, 0) is 11.3 Å². The number of halogens is 1. The smallest absolute Gasteiger partial charge is 0.226 e. The van der Waals surface area contributed by atoms with Crippen LogP contribution in [-0.4, -0.2) is 31.5 Å². The molecule has 1 amide bonds. The molecule has 0 aromatic heterocycles. The predicted octanol–water partition coefficient (Wildman–Crippen LogP) is 1.78. The summed E-state index contributed by atoms with van der Waals surface area (Å²) >= 11 is 0. The van der Waals surface area contributed by atoms with Gasteiger partial charge in [0.05, 0.1) is 13.0 Å². The quantitative estimate of drug-likeness (QED) is 0.855. The number of rotatable bonds is 6. The highest BCUT2D eigenvalue weighted by molar-refractivity contribution is 5.78. The summed E-state index contributed by atoms with van der Waals surface area (Å²) in [5.74, 6) is 0.00484. The van der Waals surface area contributed by atoms with Crippen LogP contribution < -0.4 is 10.5 Å². The Kier molecular flexibility index (Phi) is 5.76. The molecule has 1 aromatic rings. The molecule has 106 valence electrons. The van der Waals surface area contributed by atoms with E-state index in [9.17, 15) is 9.18 Å². The summed E-state index contributed by atoms with van der Waals surface area (Å²) in [5, 5.41) is 0. The van der Waals surface area contributed by atoms with E-state index >= 15 is 0 Å². The first-order valence-electron chi connectivity index (χ1n) is 6.30.